The van der Waals surface area contributed by atoms with Gasteiger partial charge in [0.2, 0.25) is 0 Å². The summed E-state index contributed by atoms with van der Waals surface area (Å²) in [4.78, 5) is 10.7. The molecule has 17 heavy (non-hydrogen) atoms. The highest BCUT2D eigenvalue weighted by Crippen LogP contribution is 2.32. The lowest BCUT2D eigenvalue weighted by atomic mass is 9.81. The highest BCUT2D eigenvalue weighted by atomic mass is 16.4. The molecule has 1 aromatic rings. The summed E-state index contributed by atoms with van der Waals surface area (Å²) in [5.74, 6) is -1.57. The van der Waals surface area contributed by atoms with E-state index in [1.807, 2.05) is 20.8 Å². The van der Waals surface area contributed by atoms with Crippen molar-refractivity contribution in [2.45, 2.75) is 38.7 Å². The van der Waals surface area contributed by atoms with Crippen LogP contribution < -0.4 is 0 Å². The smallest absolute Gasteiger partial charge is 0.337 e. The Kier molecular flexibility index (Phi) is 3.78. The Labute approximate surface area is 101 Å². The lowest BCUT2D eigenvalue weighted by Gasteiger charge is -2.24. The zero-order valence-electron chi connectivity index (χ0n) is 10.3. The van der Waals surface area contributed by atoms with E-state index in [0.29, 0.717) is 0 Å². The molecule has 0 aliphatic rings. The summed E-state index contributed by atoms with van der Waals surface area (Å²) in [6, 6.07) is 4.72. The van der Waals surface area contributed by atoms with Crippen LogP contribution in [-0.4, -0.2) is 21.3 Å². The van der Waals surface area contributed by atoms with Crippen LogP contribution in [0.4, 0.5) is 0 Å². The van der Waals surface area contributed by atoms with Crippen molar-refractivity contribution < 1.29 is 20.1 Å². The molecule has 0 aromatic heterocycles. The van der Waals surface area contributed by atoms with Crippen molar-refractivity contribution in [3.05, 3.63) is 29.3 Å². The van der Waals surface area contributed by atoms with Crippen molar-refractivity contribution in [3.8, 4) is 5.75 Å². The zero-order valence-corrected chi connectivity index (χ0v) is 10.3. The summed E-state index contributed by atoms with van der Waals surface area (Å²) >= 11 is 0. The monoisotopic (exact) mass is 238 g/mol. The molecule has 0 fully saturated rings. The molecule has 4 nitrogen and oxygen atoms in total. The first-order chi connectivity index (χ1) is 7.79. The molecule has 0 saturated heterocycles. The second-order valence-electron chi connectivity index (χ2n) is 4.75. The fraction of sp³-hybridized carbons (Fsp3) is 0.462. The Bertz CT molecular complexity index is 423. The van der Waals surface area contributed by atoms with Crippen molar-refractivity contribution in [1.29, 1.82) is 0 Å². The number of carbonyl (C=O) groups is 1. The Hall–Kier alpha value is -1.55. The molecule has 3 N–H and O–H groups in total. The van der Waals surface area contributed by atoms with Crippen LogP contribution in [0.2, 0.25) is 0 Å². The van der Waals surface area contributed by atoms with Crippen molar-refractivity contribution in [2.75, 3.05) is 0 Å². The van der Waals surface area contributed by atoms with E-state index in [4.69, 9.17) is 5.11 Å². The molecule has 0 aliphatic heterocycles. The van der Waals surface area contributed by atoms with E-state index in [2.05, 4.69) is 0 Å². The number of aromatic hydroxyl groups is 1. The van der Waals surface area contributed by atoms with Gasteiger partial charge in [-0.1, -0.05) is 26.8 Å². The molecule has 1 unspecified atom stereocenters. The molecular weight excluding hydrogens is 220 g/mol. The molecule has 1 atom stereocenters. The van der Waals surface area contributed by atoms with Gasteiger partial charge >= 0.3 is 5.97 Å². The molecule has 0 heterocycles. The lowest BCUT2D eigenvalue weighted by molar-refractivity contribution is -0.147. The molecule has 0 spiro atoms. The van der Waals surface area contributed by atoms with Gasteiger partial charge in [-0.3, -0.25) is 0 Å². The molecular formula is C13H18O4. The van der Waals surface area contributed by atoms with Crippen LogP contribution in [0, 0.1) is 0 Å². The van der Waals surface area contributed by atoms with E-state index >= 15 is 0 Å². The second kappa shape index (κ2) is 4.75. The van der Waals surface area contributed by atoms with Gasteiger partial charge in [0.1, 0.15) is 5.75 Å². The highest BCUT2D eigenvalue weighted by Gasteiger charge is 2.24. The van der Waals surface area contributed by atoms with Gasteiger partial charge < -0.3 is 15.3 Å². The van der Waals surface area contributed by atoms with Gasteiger partial charge in [-0.05, 0) is 29.5 Å². The van der Waals surface area contributed by atoms with Crippen molar-refractivity contribution in [1.82, 2.24) is 0 Å². The first kappa shape index (κ1) is 13.5. The maximum Gasteiger partial charge on any atom is 0.337 e. The van der Waals surface area contributed by atoms with Crippen LogP contribution >= 0.6 is 0 Å². The summed E-state index contributed by atoms with van der Waals surface area (Å²) < 4.78 is 0. The predicted molar refractivity (Wildman–Crippen MR) is 64.0 cm³/mol. The fourth-order valence-electron chi connectivity index (χ4n) is 1.53. The van der Waals surface area contributed by atoms with Crippen molar-refractivity contribution in [2.24, 2.45) is 0 Å². The number of aliphatic hydroxyl groups is 1. The van der Waals surface area contributed by atoms with Crippen LogP contribution in [0.25, 0.3) is 0 Å². The number of carboxylic acids is 1. The number of aliphatic carboxylic acids is 1. The van der Waals surface area contributed by atoms with E-state index in [0.717, 1.165) is 12.0 Å². The van der Waals surface area contributed by atoms with Gasteiger partial charge in [0.05, 0.1) is 0 Å². The van der Waals surface area contributed by atoms with E-state index in [1.54, 1.807) is 12.1 Å². The molecule has 4 heteroatoms. The first-order valence-corrected chi connectivity index (χ1v) is 5.54. The molecule has 0 bridgehead atoms. The van der Waals surface area contributed by atoms with Crippen molar-refractivity contribution >= 4 is 5.97 Å². The number of hydrogen-bond donors (Lipinski definition) is 3. The molecule has 1 rings (SSSR count). The third-order valence-electron chi connectivity index (χ3n) is 3.22. The van der Waals surface area contributed by atoms with Gasteiger partial charge in [-0.25, -0.2) is 4.79 Å². The number of aliphatic hydroxyl groups excluding tert-OH is 1. The second-order valence-corrected chi connectivity index (χ2v) is 4.75. The number of rotatable bonds is 4. The predicted octanol–water partition coefficient (Wildman–Crippen LogP) is 2.20. The number of carboxylic acid groups (broad SMARTS) is 1. The average Bonchev–Trinajstić information content (AvgIpc) is 2.28. The topological polar surface area (TPSA) is 77.8 Å². The third-order valence-corrected chi connectivity index (χ3v) is 3.22. The number of phenolic OH excluding ortho intramolecular Hbond substituents is 1. The minimum absolute atomic E-state index is 0.0384. The Morgan fingerprint density at radius 2 is 2.00 bits per heavy atom. The Balaban J connectivity index is 3.24. The van der Waals surface area contributed by atoms with Crippen LogP contribution in [0.1, 0.15) is 44.4 Å². The normalized spacial score (nSPS) is 13.4. The van der Waals surface area contributed by atoms with Crippen LogP contribution in [0.3, 0.4) is 0 Å². The van der Waals surface area contributed by atoms with Gasteiger partial charge in [-0.2, -0.15) is 0 Å². The lowest BCUT2D eigenvalue weighted by Crippen LogP contribution is -2.17. The van der Waals surface area contributed by atoms with Crippen LogP contribution in [0.15, 0.2) is 18.2 Å². The first-order valence-electron chi connectivity index (χ1n) is 5.54. The molecule has 1 aromatic carbocycles. The molecule has 94 valence electrons. The van der Waals surface area contributed by atoms with Crippen molar-refractivity contribution in [3.63, 3.8) is 0 Å². The molecule has 0 saturated carbocycles. The van der Waals surface area contributed by atoms with E-state index in [1.165, 1.54) is 6.07 Å². The van der Waals surface area contributed by atoms with Crippen LogP contribution in [-0.2, 0) is 10.2 Å². The van der Waals surface area contributed by atoms with Gasteiger partial charge in [0.25, 0.3) is 0 Å². The van der Waals surface area contributed by atoms with Gasteiger partial charge in [0, 0.05) is 5.56 Å². The Morgan fingerprint density at radius 1 is 1.41 bits per heavy atom. The summed E-state index contributed by atoms with van der Waals surface area (Å²) in [6.07, 6.45) is -0.817. The quantitative estimate of drug-likeness (QED) is 0.751. The SMILES string of the molecule is CCC(C)(C)c1ccc(O)c(C(O)C(=O)O)c1. The molecule has 0 amide bonds. The van der Waals surface area contributed by atoms with Gasteiger partial charge in [0.15, 0.2) is 6.10 Å². The third kappa shape index (κ3) is 2.77. The summed E-state index contributed by atoms with van der Waals surface area (Å²) in [6.45, 7) is 6.08. The average molecular weight is 238 g/mol. The summed E-state index contributed by atoms with van der Waals surface area (Å²) in [5.41, 5.74) is 0.811. The van der Waals surface area contributed by atoms with Crippen LogP contribution in [0.5, 0.6) is 5.75 Å². The standard InChI is InChI=1S/C13H18O4/c1-4-13(2,3)8-5-6-10(14)9(7-8)11(15)12(16)17/h5-7,11,14-15H,4H2,1-3H3,(H,16,17). The van der Waals surface area contributed by atoms with Gasteiger partial charge in [-0.15, -0.1) is 0 Å². The van der Waals surface area contributed by atoms with E-state index in [9.17, 15) is 15.0 Å². The zero-order chi connectivity index (χ0) is 13.2. The Morgan fingerprint density at radius 3 is 2.47 bits per heavy atom. The fourth-order valence-corrected chi connectivity index (χ4v) is 1.53. The summed E-state index contributed by atoms with van der Waals surface area (Å²) in [5, 5.41) is 27.8. The van der Waals surface area contributed by atoms with E-state index in [-0.39, 0.29) is 16.7 Å². The number of hydrogen-bond acceptors (Lipinski definition) is 3. The highest BCUT2D eigenvalue weighted by molar-refractivity contribution is 5.75. The minimum atomic E-state index is -1.69. The maximum atomic E-state index is 10.7. The number of phenols is 1. The maximum absolute atomic E-state index is 10.7. The summed E-state index contributed by atoms with van der Waals surface area (Å²) in [7, 11) is 0. The largest absolute Gasteiger partial charge is 0.508 e. The molecule has 0 radical (unpaired) electrons. The van der Waals surface area contributed by atoms with E-state index < -0.39 is 12.1 Å². The molecule has 0 aliphatic carbocycles. The number of benzene rings is 1. The minimum Gasteiger partial charge on any atom is -0.508 e.